The van der Waals surface area contributed by atoms with Crippen molar-refractivity contribution < 1.29 is 9.84 Å². The number of hydrogen-bond donors (Lipinski definition) is 1. The van der Waals surface area contributed by atoms with Crippen LogP contribution >= 0.6 is 0 Å². The van der Waals surface area contributed by atoms with E-state index in [1.807, 2.05) is 30.5 Å². The smallest absolute Gasteiger partial charge is 0.203 e. The van der Waals surface area contributed by atoms with E-state index in [0.29, 0.717) is 11.5 Å². The molecule has 0 bridgehead atoms. The minimum Gasteiger partial charge on any atom is -0.504 e. The van der Waals surface area contributed by atoms with Gasteiger partial charge in [-0.2, -0.15) is 0 Å². The predicted molar refractivity (Wildman–Crippen MR) is 66.6 cm³/mol. The van der Waals surface area contributed by atoms with Crippen LogP contribution < -0.4 is 4.74 Å². The third-order valence-electron chi connectivity index (χ3n) is 2.74. The molecule has 0 radical (unpaired) electrons. The highest BCUT2D eigenvalue weighted by molar-refractivity contribution is 5.64. The Morgan fingerprint density at radius 2 is 2.06 bits per heavy atom. The summed E-state index contributed by atoms with van der Waals surface area (Å²) >= 11 is 0. The van der Waals surface area contributed by atoms with Gasteiger partial charge in [-0.05, 0) is 24.3 Å². The molecule has 2 aromatic heterocycles. The molecule has 0 aliphatic heterocycles. The van der Waals surface area contributed by atoms with Gasteiger partial charge >= 0.3 is 0 Å². The number of rotatable bonds is 2. The van der Waals surface area contributed by atoms with E-state index in [1.165, 1.54) is 0 Å². The summed E-state index contributed by atoms with van der Waals surface area (Å²) in [7, 11) is 1.62. The Morgan fingerprint density at radius 3 is 2.89 bits per heavy atom. The summed E-state index contributed by atoms with van der Waals surface area (Å²) < 4.78 is 6.92. The fourth-order valence-electron chi connectivity index (χ4n) is 1.86. The first kappa shape index (κ1) is 10.6. The summed E-state index contributed by atoms with van der Waals surface area (Å²) in [5.41, 5.74) is 1.32. The Kier molecular flexibility index (Phi) is 2.37. The summed E-state index contributed by atoms with van der Waals surface area (Å²) in [6, 6.07) is 10.9. The van der Waals surface area contributed by atoms with Crippen molar-refractivity contribution in [1.29, 1.82) is 0 Å². The Hall–Kier alpha value is -2.56. The first-order valence-corrected chi connectivity index (χ1v) is 5.47. The lowest BCUT2D eigenvalue weighted by Gasteiger charge is -2.03. The molecule has 0 spiro atoms. The van der Waals surface area contributed by atoms with Crippen LogP contribution in [0.5, 0.6) is 11.5 Å². The molecule has 0 aliphatic rings. The van der Waals surface area contributed by atoms with Crippen molar-refractivity contribution >= 4 is 5.65 Å². The fourth-order valence-corrected chi connectivity index (χ4v) is 1.86. The van der Waals surface area contributed by atoms with E-state index < -0.39 is 0 Å². The topological polar surface area (TPSA) is 59.7 Å². The highest BCUT2D eigenvalue weighted by Gasteiger charge is 2.10. The Morgan fingerprint density at radius 1 is 1.17 bits per heavy atom. The van der Waals surface area contributed by atoms with Gasteiger partial charge in [0.15, 0.2) is 11.6 Å². The van der Waals surface area contributed by atoms with Gasteiger partial charge < -0.3 is 9.84 Å². The molecule has 3 aromatic rings. The highest BCUT2D eigenvalue weighted by Crippen LogP contribution is 2.25. The number of methoxy groups -OCH3 is 1. The number of pyridine rings is 1. The Balaban J connectivity index is 2.22. The van der Waals surface area contributed by atoms with Crippen LogP contribution in [0.4, 0.5) is 0 Å². The van der Waals surface area contributed by atoms with E-state index in [9.17, 15) is 5.11 Å². The lowest BCUT2D eigenvalue weighted by molar-refractivity contribution is 0.415. The van der Waals surface area contributed by atoms with E-state index >= 15 is 0 Å². The van der Waals surface area contributed by atoms with E-state index in [1.54, 1.807) is 23.6 Å². The molecule has 5 heteroatoms. The van der Waals surface area contributed by atoms with Gasteiger partial charge in [0.2, 0.25) is 5.65 Å². The van der Waals surface area contributed by atoms with Crippen LogP contribution in [-0.4, -0.2) is 26.8 Å². The third-order valence-corrected chi connectivity index (χ3v) is 2.74. The monoisotopic (exact) mass is 241 g/mol. The molecule has 3 rings (SSSR count). The van der Waals surface area contributed by atoms with Crippen molar-refractivity contribution in [1.82, 2.24) is 14.6 Å². The van der Waals surface area contributed by atoms with Crippen LogP contribution in [0, 0.1) is 0 Å². The van der Waals surface area contributed by atoms with Gasteiger partial charge in [0, 0.05) is 11.8 Å². The molecule has 18 heavy (non-hydrogen) atoms. The Bertz CT molecular complexity index is 706. The van der Waals surface area contributed by atoms with Crippen molar-refractivity contribution in [2.45, 2.75) is 0 Å². The fraction of sp³-hybridized carbons (Fsp3) is 0.0769. The molecular weight excluding hydrogens is 230 g/mol. The van der Waals surface area contributed by atoms with Crippen LogP contribution in [0.2, 0.25) is 0 Å². The van der Waals surface area contributed by atoms with E-state index in [0.717, 1.165) is 11.3 Å². The van der Waals surface area contributed by atoms with Crippen LogP contribution in [0.25, 0.3) is 17.0 Å². The number of benzene rings is 1. The normalized spacial score (nSPS) is 10.7. The highest BCUT2D eigenvalue weighted by atomic mass is 16.5. The third kappa shape index (κ3) is 1.57. The largest absolute Gasteiger partial charge is 0.504 e. The molecule has 0 atom stereocenters. The van der Waals surface area contributed by atoms with Crippen molar-refractivity contribution in [3.8, 4) is 22.9 Å². The lowest BCUT2D eigenvalue weighted by Crippen LogP contribution is -1.90. The van der Waals surface area contributed by atoms with Crippen molar-refractivity contribution in [3.63, 3.8) is 0 Å². The number of ether oxygens (including phenoxy) is 1. The van der Waals surface area contributed by atoms with Crippen LogP contribution in [0.3, 0.4) is 0 Å². The van der Waals surface area contributed by atoms with Crippen LogP contribution in [-0.2, 0) is 0 Å². The van der Waals surface area contributed by atoms with E-state index in [2.05, 4.69) is 10.2 Å². The molecule has 5 nitrogen and oxygen atoms in total. The quantitative estimate of drug-likeness (QED) is 0.746. The molecule has 1 aromatic carbocycles. The average Bonchev–Trinajstić information content (AvgIpc) is 2.84. The van der Waals surface area contributed by atoms with Gasteiger partial charge in [-0.3, -0.25) is 4.40 Å². The van der Waals surface area contributed by atoms with Gasteiger partial charge in [0.25, 0.3) is 0 Å². The zero-order chi connectivity index (χ0) is 12.5. The van der Waals surface area contributed by atoms with Crippen LogP contribution in [0.15, 0.2) is 42.6 Å². The number of aromatic hydroxyl groups is 1. The molecule has 90 valence electrons. The molecule has 0 unspecified atom stereocenters. The molecule has 0 aliphatic carbocycles. The zero-order valence-corrected chi connectivity index (χ0v) is 9.74. The maximum Gasteiger partial charge on any atom is 0.203 e. The van der Waals surface area contributed by atoms with E-state index in [-0.39, 0.29) is 5.75 Å². The molecular formula is C13H11N3O2. The average molecular weight is 241 g/mol. The molecule has 0 fully saturated rings. The number of aromatic nitrogens is 3. The van der Waals surface area contributed by atoms with E-state index in [4.69, 9.17) is 4.74 Å². The van der Waals surface area contributed by atoms with Crippen molar-refractivity contribution in [3.05, 3.63) is 42.6 Å². The van der Waals surface area contributed by atoms with Crippen molar-refractivity contribution in [2.75, 3.05) is 7.11 Å². The lowest BCUT2D eigenvalue weighted by atomic mass is 10.2. The van der Waals surface area contributed by atoms with Crippen LogP contribution in [0.1, 0.15) is 0 Å². The minimum atomic E-state index is 0.110. The molecule has 0 amide bonds. The minimum absolute atomic E-state index is 0.110. The summed E-state index contributed by atoms with van der Waals surface area (Å²) in [6.45, 7) is 0. The summed E-state index contributed by atoms with van der Waals surface area (Å²) in [6.07, 6.45) is 1.81. The predicted octanol–water partition coefficient (Wildman–Crippen LogP) is 2.11. The summed E-state index contributed by atoms with van der Waals surface area (Å²) in [5.74, 6) is 1.53. The second kappa shape index (κ2) is 4.03. The molecule has 2 heterocycles. The molecule has 0 saturated carbocycles. The Labute approximate surface area is 103 Å². The van der Waals surface area contributed by atoms with Gasteiger partial charge in [-0.1, -0.05) is 12.1 Å². The first-order chi connectivity index (χ1) is 8.79. The summed E-state index contributed by atoms with van der Waals surface area (Å²) in [4.78, 5) is 0. The van der Waals surface area contributed by atoms with Crippen molar-refractivity contribution in [2.24, 2.45) is 0 Å². The molecule has 0 saturated heterocycles. The van der Waals surface area contributed by atoms with Gasteiger partial charge in [-0.15, -0.1) is 10.2 Å². The van der Waals surface area contributed by atoms with Gasteiger partial charge in [-0.25, -0.2) is 0 Å². The zero-order valence-electron chi connectivity index (χ0n) is 9.74. The number of nitrogens with zero attached hydrogens (tertiary/aromatic N) is 3. The SMILES string of the molecule is COc1cccc(-c2nnc3c(O)cccn23)c1. The second-order valence-corrected chi connectivity index (χ2v) is 3.84. The van der Waals surface area contributed by atoms with Gasteiger partial charge in [0.1, 0.15) is 5.75 Å². The summed E-state index contributed by atoms with van der Waals surface area (Å²) in [5, 5.41) is 17.8. The first-order valence-electron chi connectivity index (χ1n) is 5.47. The van der Waals surface area contributed by atoms with Gasteiger partial charge in [0.05, 0.1) is 7.11 Å². The standard InChI is InChI=1S/C13H11N3O2/c1-18-10-5-2-4-9(8-10)12-14-15-13-11(17)6-3-7-16(12)13/h2-8,17H,1H3. The molecule has 1 N–H and O–H groups in total. The maximum absolute atomic E-state index is 9.68. The number of fused-ring (bicyclic) bond motifs is 1. The number of hydrogen-bond acceptors (Lipinski definition) is 4. The second-order valence-electron chi connectivity index (χ2n) is 3.84. The maximum atomic E-state index is 9.68.